The highest BCUT2D eigenvalue weighted by Crippen LogP contribution is 2.29. The van der Waals surface area contributed by atoms with Crippen LogP contribution >= 0.6 is 22.6 Å². The van der Waals surface area contributed by atoms with Crippen molar-refractivity contribution in [2.45, 2.75) is 50.2 Å². The van der Waals surface area contributed by atoms with E-state index >= 15 is 0 Å². The molecule has 0 fully saturated rings. The molecule has 34 heavy (non-hydrogen) atoms. The zero-order valence-electron chi connectivity index (χ0n) is 20.0. The number of rotatable bonds is 9. The maximum absolute atomic E-state index is 12.9. The number of hydrogen-bond acceptors (Lipinski definition) is 5. The van der Waals surface area contributed by atoms with Gasteiger partial charge in [-0.05, 0) is 48.1 Å². The highest BCUT2D eigenvalue weighted by atomic mass is 127. The van der Waals surface area contributed by atoms with Crippen molar-refractivity contribution in [1.29, 1.82) is 0 Å². The molecule has 3 amide bonds. The Morgan fingerprint density at radius 3 is 2.44 bits per heavy atom. The summed E-state index contributed by atoms with van der Waals surface area (Å²) >= 11 is 2.27. The molecule has 0 bridgehead atoms. The molecule has 8 nitrogen and oxygen atoms in total. The third kappa shape index (κ3) is 6.19. The smallest absolute Gasteiger partial charge is 0.319 e. The van der Waals surface area contributed by atoms with E-state index in [0.717, 1.165) is 21.1 Å². The number of benzene rings is 2. The summed E-state index contributed by atoms with van der Waals surface area (Å²) in [6.45, 7) is 6.70. The molecular formula is C25H32IN5O3. The third-order valence-electron chi connectivity index (χ3n) is 5.63. The van der Waals surface area contributed by atoms with E-state index in [4.69, 9.17) is 10.5 Å². The Bertz CT molecular complexity index is 1070. The molecule has 0 saturated carbocycles. The van der Waals surface area contributed by atoms with Gasteiger partial charge in [-0.1, -0.05) is 66.8 Å². The van der Waals surface area contributed by atoms with Crippen LogP contribution in [0, 0.1) is 5.92 Å². The number of anilines is 1. The summed E-state index contributed by atoms with van der Waals surface area (Å²) in [6.07, 6.45) is 0.657. The number of ether oxygens (including phenoxy) is 1. The van der Waals surface area contributed by atoms with Crippen molar-refractivity contribution >= 4 is 46.2 Å². The van der Waals surface area contributed by atoms with Crippen LogP contribution in [0.4, 0.5) is 10.5 Å². The van der Waals surface area contributed by atoms with Gasteiger partial charge in [-0.2, -0.15) is 0 Å². The number of urea groups is 1. The SMILES string of the molecule is COc1ccc(CI)cc1NC(=O)NCc1ccc(CN2C(=O)C(C)(CC(C)C)N=C2N)cc1. The molecule has 0 aromatic heterocycles. The van der Waals surface area contributed by atoms with Gasteiger partial charge >= 0.3 is 6.03 Å². The van der Waals surface area contributed by atoms with Gasteiger partial charge in [0, 0.05) is 11.0 Å². The molecule has 1 atom stereocenters. The van der Waals surface area contributed by atoms with Gasteiger partial charge in [-0.15, -0.1) is 0 Å². The van der Waals surface area contributed by atoms with Crippen LogP contribution in [0.1, 0.15) is 43.9 Å². The first-order chi connectivity index (χ1) is 16.1. The van der Waals surface area contributed by atoms with Crippen molar-refractivity contribution in [3.8, 4) is 5.75 Å². The first-order valence-corrected chi connectivity index (χ1v) is 12.7. The van der Waals surface area contributed by atoms with E-state index in [9.17, 15) is 9.59 Å². The summed E-state index contributed by atoms with van der Waals surface area (Å²) in [5, 5.41) is 5.71. The van der Waals surface area contributed by atoms with Crippen LogP contribution in [0.2, 0.25) is 0 Å². The number of aliphatic imine (C=N–C) groups is 1. The van der Waals surface area contributed by atoms with E-state index in [1.807, 2.05) is 49.4 Å². The second kappa shape index (κ2) is 11.1. The average Bonchev–Trinajstić information content (AvgIpc) is 3.00. The van der Waals surface area contributed by atoms with E-state index in [0.29, 0.717) is 36.9 Å². The van der Waals surface area contributed by atoms with Gasteiger partial charge in [0.2, 0.25) is 0 Å². The molecule has 0 saturated heterocycles. The normalized spacial score (nSPS) is 17.6. The predicted octanol–water partition coefficient (Wildman–Crippen LogP) is 4.41. The second-order valence-electron chi connectivity index (χ2n) is 9.03. The highest BCUT2D eigenvalue weighted by Gasteiger charge is 2.43. The molecule has 3 rings (SSSR count). The summed E-state index contributed by atoms with van der Waals surface area (Å²) in [7, 11) is 1.57. The van der Waals surface area contributed by atoms with Gasteiger partial charge in [-0.3, -0.25) is 9.69 Å². The number of alkyl halides is 1. The van der Waals surface area contributed by atoms with Crippen LogP contribution in [-0.2, 0) is 22.3 Å². The predicted molar refractivity (Wildman–Crippen MR) is 143 cm³/mol. The van der Waals surface area contributed by atoms with Crippen molar-refractivity contribution in [2.24, 2.45) is 16.6 Å². The van der Waals surface area contributed by atoms with Crippen molar-refractivity contribution < 1.29 is 14.3 Å². The van der Waals surface area contributed by atoms with E-state index in [1.165, 1.54) is 0 Å². The van der Waals surface area contributed by atoms with Crippen molar-refractivity contribution in [3.05, 3.63) is 59.2 Å². The molecule has 0 spiro atoms. The fourth-order valence-electron chi connectivity index (χ4n) is 4.07. The number of nitrogens with two attached hydrogens (primary N) is 1. The van der Waals surface area contributed by atoms with Crippen LogP contribution in [0.25, 0.3) is 0 Å². The average molecular weight is 577 g/mol. The van der Waals surface area contributed by atoms with Gasteiger partial charge < -0.3 is 21.1 Å². The molecule has 1 heterocycles. The second-order valence-corrected chi connectivity index (χ2v) is 9.79. The Morgan fingerprint density at radius 2 is 1.82 bits per heavy atom. The number of nitrogens with one attached hydrogen (secondary N) is 2. The molecule has 0 radical (unpaired) electrons. The lowest BCUT2D eigenvalue weighted by Crippen LogP contribution is -2.43. The number of hydrogen-bond donors (Lipinski definition) is 3. The van der Waals surface area contributed by atoms with Gasteiger partial charge in [-0.25, -0.2) is 9.79 Å². The van der Waals surface area contributed by atoms with Crippen LogP contribution in [0.3, 0.4) is 0 Å². The highest BCUT2D eigenvalue weighted by molar-refractivity contribution is 14.1. The van der Waals surface area contributed by atoms with E-state index in [1.54, 1.807) is 12.0 Å². The maximum atomic E-state index is 12.9. The zero-order valence-corrected chi connectivity index (χ0v) is 22.2. The monoisotopic (exact) mass is 577 g/mol. The lowest BCUT2D eigenvalue weighted by atomic mass is 9.91. The Hall–Kier alpha value is -2.82. The van der Waals surface area contributed by atoms with E-state index < -0.39 is 5.54 Å². The summed E-state index contributed by atoms with van der Waals surface area (Å²) < 4.78 is 6.17. The van der Waals surface area contributed by atoms with Crippen LogP contribution in [0.5, 0.6) is 5.75 Å². The lowest BCUT2D eigenvalue weighted by Gasteiger charge is -2.23. The number of halogens is 1. The molecule has 1 aliphatic rings. The molecule has 4 N–H and O–H groups in total. The Morgan fingerprint density at radius 1 is 1.18 bits per heavy atom. The molecular weight excluding hydrogens is 545 g/mol. The molecule has 1 unspecified atom stereocenters. The Kier molecular flexibility index (Phi) is 8.40. The van der Waals surface area contributed by atoms with Crippen LogP contribution < -0.4 is 21.1 Å². The standard InChI is InChI=1S/C25H32IN5O3/c1-16(2)12-25(3)22(32)31(23(27)30-25)15-18-7-5-17(6-8-18)14-28-24(33)29-20-11-19(13-26)9-10-21(20)34-4/h5-11,16H,12-15H2,1-4H3,(H2,27,30)(H2,28,29,33). The van der Waals surface area contributed by atoms with E-state index in [2.05, 4.69) is 52.1 Å². The van der Waals surface area contributed by atoms with Crippen LogP contribution in [0.15, 0.2) is 47.5 Å². The first-order valence-electron chi connectivity index (χ1n) is 11.2. The summed E-state index contributed by atoms with van der Waals surface area (Å²) in [5.74, 6) is 1.14. The minimum absolute atomic E-state index is 0.0665. The van der Waals surface area contributed by atoms with Crippen molar-refractivity contribution in [3.63, 3.8) is 0 Å². The fourth-order valence-corrected chi connectivity index (χ4v) is 4.54. The third-order valence-corrected chi connectivity index (χ3v) is 6.51. The number of carbonyl (C=O) groups is 2. The van der Waals surface area contributed by atoms with Gasteiger partial charge in [0.15, 0.2) is 5.96 Å². The minimum atomic E-state index is -0.797. The number of methoxy groups -OCH3 is 1. The Balaban J connectivity index is 1.56. The van der Waals surface area contributed by atoms with Crippen LogP contribution in [-0.4, -0.2) is 35.4 Å². The molecule has 1 aliphatic heterocycles. The molecule has 0 aliphatic carbocycles. The quantitative estimate of drug-likeness (QED) is 0.303. The summed E-state index contributed by atoms with van der Waals surface area (Å²) in [6, 6.07) is 13.1. The van der Waals surface area contributed by atoms with Crippen molar-refractivity contribution in [1.82, 2.24) is 10.2 Å². The minimum Gasteiger partial charge on any atom is -0.495 e. The lowest BCUT2D eigenvalue weighted by molar-refractivity contribution is -0.131. The number of nitrogens with zero attached hydrogens (tertiary/aromatic N) is 2. The fraction of sp³-hybridized carbons (Fsp3) is 0.400. The summed E-state index contributed by atoms with van der Waals surface area (Å²) in [4.78, 5) is 31.3. The summed E-state index contributed by atoms with van der Waals surface area (Å²) in [5.41, 5.74) is 8.87. The van der Waals surface area contributed by atoms with Crippen molar-refractivity contribution in [2.75, 3.05) is 12.4 Å². The molecule has 9 heteroatoms. The molecule has 182 valence electrons. The maximum Gasteiger partial charge on any atom is 0.319 e. The van der Waals surface area contributed by atoms with Gasteiger partial charge in [0.1, 0.15) is 11.3 Å². The number of carbonyl (C=O) groups excluding carboxylic acids is 2. The number of guanidine groups is 1. The Labute approximate surface area is 214 Å². The van der Waals surface area contributed by atoms with Gasteiger partial charge in [0.25, 0.3) is 5.91 Å². The molecule has 2 aromatic carbocycles. The van der Waals surface area contributed by atoms with Gasteiger partial charge in [0.05, 0.1) is 19.3 Å². The molecule has 2 aromatic rings. The number of amides is 3. The first kappa shape index (κ1) is 25.8. The topological polar surface area (TPSA) is 109 Å². The zero-order chi connectivity index (χ0) is 24.9. The largest absolute Gasteiger partial charge is 0.495 e. The van der Waals surface area contributed by atoms with E-state index in [-0.39, 0.29) is 17.9 Å².